The van der Waals surface area contributed by atoms with Crippen molar-refractivity contribution >= 4 is 46.7 Å². The van der Waals surface area contributed by atoms with Gasteiger partial charge in [0.25, 0.3) is 0 Å². The maximum atomic E-state index is 11.0. The number of allylic oxidation sites excluding steroid dienone is 2. The van der Waals surface area contributed by atoms with Crippen molar-refractivity contribution in [2.45, 2.75) is 41.8 Å². The second kappa shape index (κ2) is 11.0. The lowest BCUT2D eigenvalue weighted by Crippen LogP contribution is -2.14. The number of aryl methyl sites for hydroxylation is 1. The fraction of sp³-hybridized carbons (Fsp3) is 0.391. The van der Waals surface area contributed by atoms with Crippen LogP contribution in [-0.2, 0) is 6.42 Å². The summed E-state index contributed by atoms with van der Waals surface area (Å²) < 4.78 is 0.815. The van der Waals surface area contributed by atoms with Gasteiger partial charge in [-0.2, -0.15) is 0 Å². The molecule has 0 amide bonds. The van der Waals surface area contributed by atoms with Crippen LogP contribution in [0.4, 0.5) is 0 Å². The van der Waals surface area contributed by atoms with Crippen molar-refractivity contribution in [1.29, 1.82) is 0 Å². The molecule has 0 spiro atoms. The molecular formula is C23H26ClNO2S2. The number of carboxylic acid groups (broad SMARTS) is 1. The number of hydrogen-bond donors (Lipinski definition) is 1. The van der Waals surface area contributed by atoms with Crippen molar-refractivity contribution in [3.05, 3.63) is 65.2 Å². The highest BCUT2D eigenvalue weighted by Gasteiger charge is 2.32. The van der Waals surface area contributed by atoms with Crippen molar-refractivity contribution in [3.63, 3.8) is 0 Å². The zero-order valence-electron chi connectivity index (χ0n) is 16.3. The number of hydrogen-bond acceptors (Lipinski definition) is 4. The third-order valence-electron chi connectivity index (χ3n) is 5.29. The van der Waals surface area contributed by atoms with Gasteiger partial charge in [0.15, 0.2) is 10.0 Å². The average Bonchev–Trinajstić information content (AvgIpc) is 3.33. The molecule has 154 valence electrons. The molecule has 1 aliphatic carbocycles. The number of aromatic carboxylic acids is 1. The van der Waals surface area contributed by atoms with E-state index in [9.17, 15) is 4.79 Å². The first-order valence-electron chi connectivity index (χ1n) is 9.90. The largest absolute Gasteiger partial charge is 0.476 e. The van der Waals surface area contributed by atoms with E-state index < -0.39 is 5.97 Å². The van der Waals surface area contributed by atoms with E-state index in [1.807, 2.05) is 6.08 Å². The first kappa shape index (κ1) is 22.1. The Morgan fingerprint density at radius 2 is 2.28 bits per heavy atom. The zero-order valence-corrected chi connectivity index (χ0v) is 18.7. The number of carbonyl (C=O) groups is 1. The molecule has 1 aromatic carbocycles. The van der Waals surface area contributed by atoms with Crippen molar-refractivity contribution in [1.82, 2.24) is 4.98 Å². The minimum atomic E-state index is -0.969. The predicted molar refractivity (Wildman–Crippen MR) is 124 cm³/mol. The van der Waals surface area contributed by atoms with Crippen molar-refractivity contribution in [3.8, 4) is 0 Å². The Labute approximate surface area is 185 Å². The van der Waals surface area contributed by atoms with E-state index in [1.165, 1.54) is 22.5 Å². The standard InChI is InChI=1S/C23H26ClNO2S2/c1-2-3-5-16-6-4-7-17(14-16)8-9-18-10-11-20(24)19(18)12-13-28-23-25-21(15-29-23)22(26)27/h2,4,6-9,14-15,18-20H,1,3,5,10-13H2,(H,26,27)/b9-8-/t18-,19+,20+/m0/s1. The number of carboxylic acids is 1. The lowest BCUT2D eigenvalue weighted by Gasteiger charge is -2.18. The van der Waals surface area contributed by atoms with Crippen LogP contribution in [0.1, 0.15) is 47.3 Å². The molecule has 0 aliphatic heterocycles. The first-order chi connectivity index (χ1) is 14.1. The van der Waals surface area contributed by atoms with Crippen LogP contribution in [0, 0.1) is 11.8 Å². The van der Waals surface area contributed by atoms with Gasteiger partial charge in [0.1, 0.15) is 0 Å². The van der Waals surface area contributed by atoms with Crippen LogP contribution in [0.3, 0.4) is 0 Å². The first-order valence-corrected chi connectivity index (χ1v) is 12.2. The molecule has 1 aromatic heterocycles. The number of aromatic nitrogens is 1. The number of thioether (sulfide) groups is 1. The summed E-state index contributed by atoms with van der Waals surface area (Å²) in [6.45, 7) is 3.80. The molecule has 3 rings (SSSR count). The number of benzene rings is 1. The molecule has 1 heterocycles. The number of nitrogens with zero attached hydrogens (tertiary/aromatic N) is 1. The van der Waals surface area contributed by atoms with E-state index in [-0.39, 0.29) is 11.1 Å². The third kappa shape index (κ3) is 6.46. The monoisotopic (exact) mass is 447 g/mol. The van der Waals surface area contributed by atoms with E-state index >= 15 is 0 Å². The minimum absolute atomic E-state index is 0.129. The summed E-state index contributed by atoms with van der Waals surface area (Å²) in [5, 5.41) is 10.8. The van der Waals surface area contributed by atoms with Gasteiger partial charge in [0, 0.05) is 16.5 Å². The molecule has 0 bridgehead atoms. The molecular weight excluding hydrogens is 422 g/mol. The van der Waals surface area contributed by atoms with E-state index in [0.29, 0.717) is 11.8 Å². The van der Waals surface area contributed by atoms with Crippen LogP contribution in [-0.4, -0.2) is 27.2 Å². The highest BCUT2D eigenvalue weighted by molar-refractivity contribution is 8.01. The van der Waals surface area contributed by atoms with Gasteiger partial charge >= 0.3 is 5.97 Å². The summed E-state index contributed by atoms with van der Waals surface area (Å²) in [6.07, 6.45) is 11.7. The molecule has 0 unspecified atom stereocenters. The number of alkyl halides is 1. The number of rotatable bonds is 10. The van der Waals surface area contributed by atoms with Gasteiger partial charge in [0.05, 0.1) is 0 Å². The Morgan fingerprint density at radius 3 is 3.03 bits per heavy atom. The molecule has 1 fully saturated rings. The summed E-state index contributed by atoms with van der Waals surface area (Å²) in [5.41, 5.74) is 2.71. The van der Waals surface area contributed by atoms with Crippen LogP contribution in [0.25, 0.3) is 6.08 Å². The van der Waals surface area contributed by atoms with Crippen molar-refractivity contribution in [2.75, 3.05) is 5.75 Å². The Balaban J connectivity index is 1.55. The van der Waals surface area contributed by atoms with E-state index in [0.717, 1.165) is 42.2 Å². The van der Waals surface area contributed by atoms with Gasteiger partial charge in [-0.3, -0.25) is 0 Å². The summed E-state index contributed by atoms with van der Waals surface area (Å²) in [5.74, 6) is 0.870. The molecule has 1 N–H and O–H groups in total. The average molecular weight is 448 g/mol. The van der Waals surface area contributed by atoms with Crippen molar-refractivity contribution < 1.29 is 9.90 Å². The highest BCUT2D eigenvalue weighted by Crippen LogP contribution is 2.40. The second-order valence-electron chi connectivity index (χ2n) is 7.29. The fourth-order valence-electron chi connectivity index (χ4n) is 3.74. The molecule has 2 aromatic rings. The summed E-state index contributed by atoms with van der Waals surface area (Å²) in [7, 11) is 0. The van der Waals surface area contributed by atoms with Crippen LogP contribution in [0.15, 0.2) is 52.7 Å². The SMILES string of the molecule is C=CCCc1cccc(/C=C\[C@H]2CC[C@@H](Cl)[C@@H]2CCSc2nc(C(=O)O)cs2)c1. The maximum absolute atomic E-state index is 11.0. The van der Waals surface area contributed by atoms with E-state index in [1.54, 1.807) is 17.1 Å². The molecule has 6 heteroatoms. The molecule has 0 saturated heterocycles. The Kier molecular flexibility index (Phi) is 8.40. The normalized spacial score (nSPS) is 21.6. The van der Waals surface area contributed by atoms with Crippen LogP contribution in [0.2, 0.25) is 0 Å². The molecule has 1 saturated carbocycles. The highest BCUT2D eigenvalue weighted by atomic mass is 35.5. The van der Waals surface area contributed by atoms with E-state index in [2.05, 4.69) is 48.0 Å². The third-order valence-corrected chi connectivity index (χ3v) is 7.89. The molecule has 3 nitrogen and oxygen atoms in total. The van der Waals surface area contributed by atoms with E-state index in [4.69, 9.17) is 16.7 Å². The van der Waals surface area contributed by atoms with Crippen molar-refractivity contribution in [2.24, 2.45) is 11.8 Å². The predicted octanol–water partition coefficient (Wildman–Crippen LogP) is 6.79. The van der Waals surface area contributed by atoms with Gasteiger partial charge in [0.2, 0.25) is 0 Å². The lowest BCUT2D eigenvalue weighted by atomic mass is 9.92. The summed E-state index contributed by atoms with van der Waals surface area (Å²) in [6, 6.07) is 8.68. The summed E-state index contributed by atoms with van der Waals surface area (Å²) in [4.78, 5) is 15.1. The summed E-state index contributed by atoms with van der Waals surface area (Å²) >= 11 is 9.64. The van der Waals surface area contributed by atoms with Gasteiger partial charge in [-0.1, -0.05) is 54.3 Å². The van der Waals surface area contributed by atoms with Gasteiger partial charge < -0.3 is 5.11 Å². The smallest absolute Gasteiger partial charge is 0.355 e. The number of thiazole rings is 1. The minimum Gasteiger partial charge on any atom is -0.476 e. The van der Waals surface area contributed by atoms with Gasteiger partial charge in [-0.15, -0.1) is 29.5 Å². The quantitative estimate of drug-likeness (QED) is 0.247. The lowest BCUT2D eigenvalue weighted by molar-refractivity contribution is 0.0691. The van der Waals surface area contributed by atoms with Crippen LogP contribution < -0.4 is 0 Å². The molecule has 29 heavy (non-hydrogen) atoms. The Hall–Kier alpha value is -1.56. The van der Waals surface area contributed by atoms with Gasteiger partial charge in [-0.25, -0.2) is 9.78 Å². The Morgan fingerprint density at radius 1 is 1.41 bits per heavy atom. The zero-order chi connectivity index (χ0) is 20.6. The molecule has 0 radical (unpaired) electrons. The maximum Gasteiger partial charge on any atom is 0.355 e. The number of halogens is 1. The molecule has 1 aliphatic rings. The Bertz CT molecular complexity index is 864. The van der Waals surface area contributed by atoms with Gasteiger partial charge in [-0.05, 0) is 55.1 Å². The second-order valence-corrected chi connectivity index (χ2v) is 10.1. The topological polar surface area (TPSA) is 50.2 Å². The fourth-order valence-corrected chi connectivity index (χ4v) is 6.09. The molecule has 3 atom stereocenters. The van der Waals surface area contributed by atoms with Crippen LogP contribution in [0.5, 0.6) is 0 Å². The van der Waals surface area contributed by atoms with Crippen LogP contribution >= 0.6 is 34.7 Å².